The number of hydrazone groups is 1. The molecule has 0 radical (unpaired) electrons. The van der Waals surface area contributed by atoms with Gasteiger partial charge in [0.15, 0.2) is 0 Å². The molecule has 0 spiro atoms. The predicted molar refractivity (Wildman–Crippen MR) is 64.5 cm³/mol. The van der Waals surface area contributed by atoms with E-state index >= 15 is 0 Å². The molecular formula is C9H17N5O4. The number of nitrogens with one attached hydrogen (secondary N) is 1. The molecule has 0 bridgehead atoms. The largest absolute Gasteiger partial charge is 0.350 e. The summed E-state index contributed by atoms with van der Waals surface area (Å²) in [5.74, 6) is -1.52. The lowest BCUT2D eigenvalue weighted by atomic mass is 9.95. The van der Waals surface area contributed by atoms with Crippen LogP contribution in [0.4, 0.5) is 4.79 Å². The Morgan fingerprint density at radius 2 is 1.94 bits per heavy atom. The summed E-state index contributed by atoms with van der Waals surface area (Å²) >= 11 is 0. The highest BCUT2D eigenvalue weighted by Crippen LogP contribution is 2.12. The minimum atomic E-state index is -1.15. The average molecular weight is 259 g/mol. The van der Waals surface area contributed by atoms with E-state index in [2.05, 4.69) is 5.10 Å². The molecule has 2 unspecified atom stereocenters. The second-order valence-corrected chi connectivity index (χ2v) is 3.97. The zero-order valence-corrected chi connectivity index (χ0v) is 10.7. The number of amides is 3. The number of rotatable bonds is 5. The standard InChI is InChI=1S/C9H17N5O4/c1-5(11-12-9(10)16)7(6(2)14(17)18)8(15)13(3)4/h6-7H,1-4H3,(H3,10,12,16)/b11-5+. The van der Waals surface area contributed by atoms with Gasteiger partial charge in [-0.3, -0.25) is 14.9 Å². The van der Waals surface area contributed by atoms with Crippen molar-refractivity contribution in [2.24, 2.45) is 16.8 Å². The van der Waals surface area contributed by atoms with Gasteiger partial charge >= 0.3 is 6.03 Å². The van der Waals surface area contributed by atoms with Gasteiger partial charge in [-0.2, -0.15) is 5.10 Å². The van der Waals surface area contributed by atoms with Crippen molar-refractivity contribution in [3.8, 4) is 0 Å². The SMILES string of the molecule is C/C(=N\NC(N)=O)C(C(=O)N(C)C)C(C)[N+](=O)[O-]. The van der Waals surface area contributed by atoms with E-state index in [-0.39, 0.29) is 5.71 Å². The molecule has 0 aromatic rings. The number of carbonyl (C=O) groups excluding carboxylic acids is 2. The van der Waals surface area contributed by atoms with Gasteiger partial charge in [-0.1, -0.05) is 0 Å². The third-order valence-corrected chi connectivity index (χ3v) is 2.31. The fraction of sp³-hybridized carbons (Fsp3) is 0.667. The minimum absolute atomic E-state index is 0.122. The number of primary amides is 1. The Morgan fingerprint density at radius 1 is 1.44 bits per heavy atom. The molecule has 0 heterocycles. The molecule has 18 heavy (non-hydrogen) atoms. The summed E-state index contributed by atoms with van der Waals surface area (Å²) in [5, 5.41) is 14.3. The molecule has 0 fully saturated rings. The van der Waals surface area contributed by atoms with Crippen molar-refractivity contribution in [2.75, 3.05) is 14.1 Å². The molecule has 0 aliphatic heterocycles. The van der Waals surface area contributed by atoms with Crippen LogP contribution >= 0.6 is 0 Å². The van der Waals surface area contributed by atoms with E-state index in [4.69, 9.17) is 5.73 Å². The van der Waals surface area contributed by atoms with Crippen LogP contribution in [0.2, 0.25) is 0 Å². The summed E-state index contributed by atoms with van der Waals surface area (Å²) in [7, 11) is 2.97. The molecule has 0 aliphatic rings. The normalized spacial score (nSPS) is 14.6. The van der Waals surface area contributed by atoms with Gasteiger partial charge in [0.25, 0.3) is 0 Å². The van der Waals surface area contributed by atoms with Gasteiger partial charge in [0.1, 0.15) is 5.92 Å². The summed E-state index contributed by atoms with van der Waals surface area (Å²) in [6.45, 7) is 2.72. The minimum Gasteiger partial charge on any atom is -0.350 e. The summed E-state index contributed by atoms with van der Waals surface area (Å²) in [4.78, 5) is 33.8. The van der Waals surface area contributed by atoms with Gasteiger partial charge in [0.2, 0.25) is 11.9 Å². The summed E-state index contributed by atoms with van der Waals surface area (Å²) in [6, 6.07) is -2.06. The number of hydrogen-bond donors (Lipinski definition) is 2. The molecule has 0 aromatic heterocycles. The molecule has 0 saturated carbocycles. The molecule has 9 nitrogen and oxygen atoms in total. The molecule has 102 valence electrons. The van der Waals surface area contributed by atoms with Crippen LogP contribution in [0.5, 0.6) is 0 Å². The Balaban J connectivity index is 5.21. The zero-order valence-electron chi connectivity index (χ0n) is 10.7. The first-order valence-corrected chi connectivity index (χ1v) is 5.12. The van der Waals surface area contributed by atoms with E-state index < -0.39 is 28.8 Å². The molecule has 0 aromatic carbocycles. The van der Waals surface area contributed by atoms with Gasteiger partial charge in [-0.15, -0.1) is 0 Å². The van der Waals surface area contributed by atoms with E-state index in [1.807, 2.05) is 5.43 Å². The van der Waals surface area contributed by atoms with E-state index in [1.165, 1.54) is 32.8 Å². The van der Waals surface area contributed by atoms with Crippen molar-refractivity contribution < 1.29 is 14.5 Å². The van der Waals surface area contributed by atoms with E-state index in [0.717, 1.165) is 0 Å². The Hall–Kier alpha value is -2.19. The topological polar surface area (TPSA) is 131 Å². The molecule has 2 atom stereocenters. The maximum Gasteiger partial charge on any atom is 0.332 e. The summed E-state index contributed by atoms with van der Waals surface area (Å²) in [6.07, 6.45) is 0. The van der Waals surface area contributed by atoms with Crippen LogP contribution in [-0.4, -0.2) is 47.6 Å². The van der Waals surface area contributed by atoms with Crippen molar-refractivity contribution in [3.63, 3.8) is 0 Å². The van der Waals surface area contributed by atoms with Crippen molar-refractivity contribution in [2.45, 2.75) is 19.9 Å². The maximum atomic E-state index is 11.9. The van der Waals surface area contributed by atoms with Gasteiger partial charge in [-0.25, -0.2) is 10.2 Å². The molecule has 3 N–H and O–H groups in total. The van der Waals surface area contributed by atoms with E-state index in [0.29, 0.717) is 0 Å². The molecule has 0 rings (SSSR count). The summed E-state index contributed by atoms with van der Waals surface area (Å²) < 4.78 is 0. The van der Waals surface area contributed by atoms with Gasteiger partial charge in [0, 0.05) is 25.9 Å². The lowest BCUT2D eigenvalue weighted by Crippen LogP contribution is -2.43. The Bertz CT molecular complexity index is 379. The number of carbonyl (C=O) groups is 2. The monoisotopic (exact) mass is 259 g/mol. The van der Waals surface area contributed by atoms with Crippen LogP contribution in [-0.2, 0) is 4.79 Å². The highest BCUT2D eigenvalue weighted by atomic mass is 16.6. The van der Waals surface area contributed by atoms with Crippen molar-refractivity contribution >= 4 is 17.6 Å². The lowest BCUT2D eigenvalue weighted by Gasteiger charge is -2.21. The van der Waals surface area contributed by atoms with Crippen molar-refractivity contribution in [1.29, 1.82) is 0 Å². The second kappa shape index (κ2) is 6.52. The number of hydrogen-bond acceptors (Lipinski definition) is 5. The first-order chi connectivity index (χ1) is 8.18. The Kier molecular flexibility index (Phi) is 5.73. The van der Waals surface area contributed by atoms with Crippen LogP contribution in [0.3, 0.4) is 0 Å². The van der Waals surface area contributed by atoms with Crippen LogP contribution in [0, 0.1) is 16.0 Å². The highest BCUT2D eigenvalue weighted by Gasteiger charge is 2.36. The van der Waals surface area contributed by atoms with Gasteiger partial charge < -0.3 is 10.6 Å². The number of nitro groups is 1. The molecule has 0 aliphatic carbocycles. The fourth-order valence-corrected chi connectivity index (χ4v) is 1.35. The Morgan fingerprint density at radius 3 is 2.28 bits per heavy atom. The average Bonchev–Trinajstić information content (AvgIpc) is 2.25. The number of urea groups is 1. The maximum absolute atomic E-state index is 11.9. The van der Waals surface area contributed by atoms with Crippen molar-refractivity contribution in [1.82, 2.24) is 10.3 Å². The first-order valence-electron chi connectivity index (χ1n) is 5.12. The van der Waals surface area contributed by atoms with Crippen molar-refractivity contribution in [3.05, 3.63) is 10.1 Å². The van der Waals surface area contributed by atoms with Gasteiger partial charge in [0.05, 0.1) is 5.71 Å². The van der Waals surface area contributed by atoms with Crippen LogP contribution in [0.25, 0.3) is 0 Å². The third-order valence-electron chi connectivity index (χ3n) is 2.31. The van der Waals surface area contributed by atoms with Crippen LogP contribution in [0.15, 0.2) is 5.10 Å². The third kappa shape index (κ3) is 4.36. The zero-order chi connectivity index (χ0) is 14.5. The fourth-order valence-electron chi connectivity index (χ4n) is 1.35. The number of nitrogens with two attached hydrogens (primary N) is 1. The summed E-state index contributed by atoms with van der Waals surface area (Å²) in [5.41, 5.74) is 6.90. The van der Waals surface area contributed by atoms with Crippen LogP contribution in [0.1, 0.15) is 13.8 Å². The van der Waals surface area contributed by atoms with Gasteiger partial charge in [-0.05, 0) is 6.92 Å². The smallest absolute Gasteiger partial charge is 0.332 e. The predicted octanol–water partition coefficient (Wildman–Crippen LogP) is -0.600. The quantitative estimate of drug-likeness (QED) is 0.387. The number of nitrogens with zero attached hydrogens (tertiary/aromatic N) is 3. The first kappa shape index (κ1) is 15.8. The molecule has 3 amide bonds. The van der Waals surface area contributed by atoms with E-state index in [1.54, 1.807) is 0 Å². The Labute approximate surface area is 104 Å². The second-order valence-electron chi connectivity index (χ2n) is 3.97. The highest BCUT2D eigenvalue weighted by molar-refractivity contribution is 6.03. The molecule has 0 saturated heterocycles. The molecule has 9 heteroatoms. The lowest BCUT2D eigenvalue weighted by molar-refractivity contribution is -0.521. The van der Waals surface area contributed by atoms with E-state index in [9.17, 15) is 19.7 Å². The molecular weight excluding hydrogens is 242 g/mol. The van der Waals surface area contributed by atoms with Crippen LogP contribution < -0.4 is 11.2 Å².